The van der Waals surface area contributed by atoms with Crippen LogP contribution in [0.3, 0.4) is 0 Å². The van der Waals surface area contributed by atoms with Crippen LogP contribution in [0.1, 0.15) is 31.0 Å². The fourth-order valence-corrected chi connectivity index (χ4v) is 2.70. The molecule has 0 radical (unpaired) electrons. The van der Waals surface area contributed by atoms with Gasteiger partial charge in [-0.3, -0.25) is 0 Å². The SMILES string of the molecule is Cc1cc(Br)cnc1Nc1nc(C(C)C)cs1. The molecule has 0 aromatic carbocycles. The molecule has 2 aromatic rings. The minimum absolute atomic E-state index is 0.459. The van der Waals surface area contributed by atoms with Crippen LogP contribution >= 0.6 is 27.3 Å². The van der Waals surface area contributed by atoms with Gasteiger partial charge >= 0.3 is 0 Å². The van der Waals surface area contributed by atoms with Crippen LogP contribution in [0.4, 0.5) is 10.9 Å². The number of nitrogens with zero attached hydrogens (tertiary/aromatic N) is 2. The van der Waals surface area contributed by atoms with E-state index in [0.717, 1.165) is 26.7 Å². The van der Waals surface area contributed by atoms with Crippen molar-refractivity contribution in [3.05, 3.63) is 33.4 Å². The van der Waals surface area contributed by atoms with Crippen LogP contribution in [0.25, 0.3) is 0 Å². The molecule has 0 spiro atoms. The average Bonchev–Trinajstić information content (AvgIpc) is 2.71. The van der Waals surface area contributed by atoms with Gasteiger partial charge in [0.25, 0.3) is 0 Å². The number of aryl methyl sites for hydroxylation is 1. The molecule has 0 saturated heterocycles. The third-order valence-corrected chi connectivity index (χ3v) is 3.59. The van der Waals surface area contributed by atoms with E-state index in [2.05, 4.69) is 50.4 Å². The molecule has 0 fully saturated rings. The molecule has 5 heteroatoms. The van der Waals surface area contributed by atoms with Crippen LogP contribution < -0.4 is 5.32 Å². The first kappa shape index (κ1) is 12.5. The van der Waals surface area contributed by atoms with Gasteiger partial charge in [0.1, 0.15) is 5.82 Å². The summed E-state index contributed by atoms with van der Waals surface area (Å²) in [5, 5.41) is 6.23. The van der Waals surface area contributed by atoms with Crippen molar-refractivity contribution in [2.24, 2.45) is 0 Å². The number of aromatic nitrogens is 2. The van der Waals surface area contributed by atoms with E-state index in [0.29, 0.717) is 5.92 Å². The fraction of sp³-hybridized carbons (Fsp3) is 0.333. The summed E-state index contributed by atoms with van der Waals surface area (Å²) in [7, 11) is 0. The van der Waals surface area contributed by atoms with E-state index in [-0.39, 0.29) is 0 Å². The normalized spacial score (nSPS) is 10.9. The van der Waals surface area contributed by atoms with Gasteiger partial charge in [0, 0.05) is 16.0 Å². The molecule has 2 heterocycles. The quantitative estimate of drug-likeness (QED) is 0.908. The smallest absolute Gasteiger partial charge is 0.188 e. The number of nitrogens with one attached hydrogen (secondary N) is 1. The summed E-state index contributed by atoms with van der Waals surface area (Å²) in [6, 6.07) is 2.03. The first-order valence-electron chi connectivity index (χ1n) is 5.41. The Balaban J connectivity index is 2.19. The Morgan fingerprint density at radius 1 is 1.41 bits per heavy atom. The van der Waals surface area contributed by atoms with E-state index in [1.807, 2.05) is 13.0 Å². The monoisotopic (exact) mass is 311 g/mol. The Labute approximate surface area is 113 Å². The molecule has 0 aliphatic heterocycles. The third-order valence-electron chi connectivity index (χ3n) is 2.38. The van der Waals surface area contributed by atoms with E-state index in [1.165, 1.54) is 0 Å². The highest BCUT2D eigenvalue weighted by Gasteiger charge is 2.07. The zero-order valence-corrected chi connectivity index (χ0v) is 12.4. The second-order valence-electron chi connectivity index (χ2n) is 4.18. The van der Waals surface area contributed by atoms with Crippen molar-refractivity contribution >= 4 is 38.2 Å². The second kappa shape index (κ2) is 5.14. The van der Waals surface area contributed by atoms with Crippen molar-refractivity contribution in [1.29, 1.82) is 0 Å². The highest BCUT2D eigenvalue weighted by atomic mass is 79.9. The lowest BCUT2D eigenvalue weighted by Gasteiger charge is -2.05. The molecule has 0 atom stereocenters. The lowest BCUT2D eigenvalue weighted by atomic mass is 10.2. The number of rotatable bonds is 3. The maximum Gasteiger partial charge on any atom is 0.188 e. The van der Waals surface area contributed by atoms with Gasteiger partial charge in [0.05, 0.1) is 5.69 Å². The van der Waals surface area contributed by atoms with Gasteiger partial charge in [-0.2, -0.15) is 0 Å². The molecular weight excluding hydrogens is 298 g/mol. The van der Waals surface area contributed by atoms with Gasteiger partial charge in [0.15, 0.2) is 5.13 Å². The average molecular weight is 312 g/mol. The van der Waals surface area contributed by atoms with E-state index in [4.69, 9.17) is 0 Å². The zero-order chi connectivity index (χ0) is 12.4. The molecule has 0 amide bonds. The fourth-order valence-electron chi connectivity index (χ4n) is 1.38. The Kier molecular flexibility index (Phi) is 3.79. The van der Waals surface area contributed by atoms with Crippen LogP contribution in [-0.4, -0.2) is 9.97 Å². The summed E-state index contributed by atoms with van der Waals surface area (Å²) < 4.78 is 0.988. The summed E-state index contributed by atoms with van der Waals surface area (Å²) in [6.45, 7) is 6.31. The van der Waals surface area contributed by atoms with Gasteiger partial charge in [0.2, 0.25) is 0 Å². The molecule has 0 aliphatic rings. The number of pyridine rings is 1. The Morgan fingerprint density at radius 3 is 2.76 bits per heavy atom. The Bertz CT molecular complexity index is 522. The molecule has 0 unspecified atom stereocenters. The van der Waals surface area contributed by atoms with E-state index >= 15 is 0 Å². The molecule has 0 saturated carbocycles. The molecule has 0 bridgehead atoms. The van der Waals surface area contributed by atoms with Gasteiger partial charge in [-0.25, -0.2) is 9.97 Å². The van der Waals surface area contributed by atoms with Crippen LogP contribution in [-0.2, 0) is 0 Å². The molecule has 3 nitrogen and oxygen atoms in total. The number of anilines is 2. The van der Waals surface area contributed by atoms with Crippen molar-refractivity contribution in [3.63, 3.8) is 0 Å². The van der Waals surface area contributed by atoms with E-state index < -0.39 is 0 Å². The zero-order valence-electron chi connectivity index (χ0n) is 9.99. The van der Waals surface area contributed by atoms with Crippen molar-refractivity contribution in [3.8, 4) is 0 Å². The number of halogens is 1. The van der Waals surface area contributed by atoms with Gasteiger partial charge < -0.3 is 5.32 Å². The highest BCUT2D eigenvalue weighted by Crippen LogP contribution is 2.26. The number of hydrogen-bond donors (Lipinski definition) is 1. The van der Waals surface area contributed by atoms with Crippen molar-refractivity contribution in [1.82, 2.24) is 9.97 Å². The largest absolute Gasteiger partial charge is 0.316 e. The van der Waals surface area contributed by atoms with Crippen molar-refractivity contribution < 1.29 is 0 Å². The highest BCUT2D eigenvalue weighted by molar-refractivity contribution is 9.10. The van der Waals surface area contributed by atoms with Crippen molar-refractivity contribution in [2.45, 2.75) is 26.7 Å². The molecule has 17 heavy (non-hydrogen) atoms. The predicted molar refractivity (Wildman–Crippen MR) is 76.2 cm³/mol. The lowest BCUT2D eigenvalue weighted by molar-refractivity contribution is 0.834. The van der Waals surface area contributed by atoms with Gasteiger partial charge in [-0.15, -0.1) is 11.3 Å². The third kappa shape index (κ3) is 3.04. The summed E-state index contributed by atoms with van der Waals surface area (Å²) in [5.41, 5.74) is 2.22. The van der Waals surface area contributed by atoms with Gasteiger partial charge in [-0.1, -0.05) is 13.8 Å². The molecule has 90 valence electrons. The van der Waals surface area contributed by atoms with Gasteiger partial charge in [-0.05, 0) is 40.4 Å². The summed E-state index contributed by atoms with van der Waals surface area (Å²) in [6.07, 6.45) is 1.78. The first-order valence-corrected chi connectivity index (χ1v) is 7.08. The summed E-state index contributed by atoms with van der Waals surface area (Å²) in [5.74, 6) is 1.32. The Morgan fingerprint density at radius 2 is 2.18 bits per heavy atom. The first-order chi connectivity index (χ1) is 8.06. The lowest BCUT2D eigenvalue weighted by Crippen LogP contribution is -1.96. The number of thiazole rings is 1. The molecule has 0 aliphatic carbocycles. The van der Waals surface area contributed by atoms with Crippen LogP contribution in [0.2, 0.25) is 0 Å². The molecule has 2 rings (SSSR count). The summed E-state index contributed by atoms with van der Waals surface area (Å²) in [4.78, 5) is 8.86. The summed E-state index contributed by atoms with van der Waals surface area (Å²) >= 11 is 5.01. The maximum absolute atomic E-state index is 4.52. The van der Waals surface area contributed by atoms with Crippen LogP contribution in [0.5, 0.6) is 0 Å². The number of hydrogen-bond acceptors (Lipinski definition) is 4. The minimum atomic E-state index is 0.459. The molecule has 2 aromatic heterocycles. The van der Waals surface area contributed by atoms with E-state index in [1.54, 1.807) is 17.5 Å². The topological polar surface area (TPSA) is 37.8 Å². The maximum atomic E-state index is 4.52. The minimum Gasteiger partial charge on any atom is -0.316 e. The van der Waals surface area contributed by atoms with Crippen molar-refractivity contribution in [2.75, 3.05) is 5.32 Å². The van der Waals surface area contributed by atoms with Crippen LogP contribution in [0, 0.1) is 6.92 Å². The predicted octanol–water partition coefficient (Wildman–Crippen LogP) is 4.48. The standard InChI is InChI=1S/C12H14BrN3S/c1-7(2)10-6-17-12(15-10)16-11-8(3)4-9(13)5-14-11/h4-7H,1-3H3,(H,14,15,16). The molecule has 1 N–H and O–H groups in total. The Hall–Kier alpha value is -0.940. The second-order valence-corrected chi connectivity index (χ2v) is 5.95. The van der Waals surface area contributed by atoms with Crippen LogP contribution in [0.15, 0.2) is 22.1 Å². The molecular formula is C12H14BrN3S. The van der Waals surface area contributed by atoms with E-state index in [9.17, 15) is 0 Å².